The molecule has 19 heavy (non-hydrogen) atoms. The summed E-state index contributed by atoms with van der Waals surface area (Å²) in [7, 11) is 1.27. The van der Waals surface area contributed by atoms with Gasteiger partial charge in [-0.2, -0.15) is 0 Å². The number of amides is 1. The highest BCUT2D eigenvalue weighted by Gasteiger charge is 2.14. The summed E-state index contributed by atoms with van der Waals surface area (Å²) in [6.45, 7) is 4.16. The van der Waals surface area contributed by atoms with Crippen molar-refractivity contribution in [2.24, 2.45) is 0 Å². The first-order valence-electron chi connectivity index (χ1n) is 5.57. The van der Waals surface area contributed by atoms with Gasteiger partial charge in [0.05, 0.1) is 24.9 Å². The van der Waals surface area contributed by atoms with Gasteiger partial charge in [-0.25, -0.2) is 4.79 Å². The van der Waals surface area contributed by atoms with E-state index in [1.54, 1.807) is 12.1 Å². The van der Waals surface area contributed by atoms with E-state index < -0.39 is 5.97 Å². The lowest BCUT2D eigenvalue weighted by atomic mass is 10.2. The van der Waals surface area contributed by atoms with E-state index >= 15 is 0 Å². The molecule has 0 unspecified atom stereocenters. The molecule has 0 saturated heterocycles. The number of hydrogen-bond donors (Lipinski definition) is 2. The van der Waals surface area contributed by atoms with Crippen molar-refractivity contribution in [2.45, 2.75) is 0 Å². The lowest BCUT2D eigenvalue weighted by molar-refractivity contribution is -0.115. The van der Waals surface area contributed by atoms with Crippen LogP contribution >= 0.6 is 11.6 Å². The Morgan fingerprint density at radius 1 is 1.47 bits per heavy atom. The van der Waals surface area contributed by atoms with Crippen molar-refractivity contribution in [3.63, 3.8) is 0 Å². The Bertz CT molecular complexity index is 489. The van der Waals surface area contributed by atoms with Gasteiger partial charge in [-0.15, -0.1) is 6.58 Å². The Balaban J connectivity index is 2.80. The maximum Gasteiger partial charge on any atom is 0.339 e. The van der Waals surface area contributed by atoms with Gasteiger partial charge in [0, 0.05) is 11.6 Å². The monoisotopic (exact) mass is 282 g/mol. The first-order valence-corrected chi connectivity index (χ1v) is 5.95. The van der Waals surface area contributed by atoms with Crippen LogP contribution in [0.5, 0.6) is 0 Å². The molecule has 102 valence electrons. The van der Waals surface area contributed by atoms with Gasteiger partial charge < -0.3 is 15.4 Å². The third-order valence-electron chi connectivity index (χ3n) is 2.24. The third kappa shape index (κ3) is 4.73. The van der Waals surface area contributed by atoms with Crippen molar-refractivity contribution in [2.75, 3.05) is 25.5 Å². The minimum atomic E-state index is -0.536. The Kier molecular flexibility index (Phi) is 6.05. The molecule has 0 aliphatic carbocycles. The second-order valence-corrected chi connectivity index (χ2v) is 4.09. The zero-order chi connectivity index (χ0) is 14.3. The molecule has 0 fully saturated rings. The Labute approximate surface area is 116 Å². The second kappa shape index (κ2) is 7.56. The average molecular weight is 283 g/mol. The number of methoxy groups -OCH3 is 1. The van der Waals surface area contributed by atoms with E-state index in [9.17, 15) is 9.59 Å². The van der Waals surface area contributed by atoms with E-state index in [-0.39, 0.29) is 18.0 Å². The van der Waals surface area contributed by atoms with Crippen molar-refractivity contribution in [3.8, 4) is 0 Å². The highest BCUT2D eigenvalue weighted by atomic mass is 35.5. The predicted octanol–water partition coefficient (Wildman–Crippen LogP) is 1.84. The number of rotatable bonds is 6. The maximum absolute atomic E-state index is 11.7. The van der Waals surface area contributed by atoms with Gasteiger partial charge in [0.1, 0.15) is 0 Å². The summed E-state index contributed by atoms with van der Waals surface area (Å²) >= 11 is 5.84. The number of nitrogens with one attached hydrogen (secondary N) is 2. The lowest BCUT2D eigenvalue weighted by Gasteiger charge is -2.10. The van der Waals surface area contributed by atoms with E-state index in [0.717, 1.165) is 0 Å². The molecule has 6 heteroatoms. The summed E-state index contributed by atoms with van der Waals surface area (Å²) < 4.78 is 4.63. The van der Waals surface area contributed by atoms with Crippen LogP contribution in [0.2, 0.25) is 5.02 Å². The molecule has 5 nitrogen and oxygen atoms in total. The molecule has 0 heterocycles. The molecule has 2 N–H and O–H groups in total. The minimum Gasteiger partial charge on any atom is -0.465 e. The highest BCUT2D eigenvalue weighted by Crippen LogP contribution is 2.21. The zero-order valence-corrected chi connectivity index (χ0v) is 11.3. The smallest absolute Gasteiger partial charge is 0.339 e. The summed E-state index contributed by atoms with van der Waals surface area (Å²) in [6.07, 6.45) is 1.65. The molecule has 1 aromatic carbocycles. The molecule has 1 aromatic rings. The number of carbonyl (C=O) groups excluding carboxylic acids is 2. The molecule has 0 aliphatic heterocycles. The van der Waals surface area contributed by atoms with Gasteiger partial charge in [0.25, 0.3) is 0 Å². The standard InChI is InChI=1S/C13H15ClN2O3/c1-3-6-15-8-12(17)16-11-7-9(14)4-5-10(11)13(18)19-2/h3-5,7,15H,1,6,8H2,2H3,(H,16,17). The Hall–Kier alpha value is -1.85. The molecule has 1 rings (SSSR count). The van der Waals surface area contributed by atoms with Gasteiger partial charge in [-0.3, -0.25) is 4.79 Å². The van der Waals surface area contributed by atoms with E-state index in [1.165, 1.54) is 19.2 Å². The molecule has 0 radical (unpaired) electrons. The number of benzene rings is 1. The van der Waals surface area contributed by atoms with Crippen LogP contribution in [0.3, 0.4) is 0 Å². The fourth-order valence-electron chi connectivity index (χ4n) is 1.39. The van der Waals surface area contributed by atoms with E-state index in [0.29, 0.717) is 17.3 Å². The topological polar surface area (TPSA) is 67.4 Å². The van der Waals surface area contributed by atoms with Gasteiger partial charge in [0.15, 0.2) is 0 Å². The summed E-state index contributed by atoms with van der Waals surface area (Å²) in [6, 6.07) is 4.56. The van der Waals surface area contributed by atoms with Crippen molar-refractivity contribution in [3.05, 3.63) is 41.4 Å². The summed E-state index contributed by atoms with van der Waals surface area (Å²) in [4.78, 5) is 23.2. The maximum atomic E-state index is 11.7. The van der Waals surface area contributed by atoms with E-state index in [4.69, 9.17) is 11.6 Å². The SMILES string of the molecule is C=CCNCC(=O)Nc1cc(Cl)ccc1C(=O)OC. The van der Waals surface area contributed by atoms with Gasteiger partial charge >= 0.3 is 5.97 Å². The van der Waals surface area contributed by atoms with Crippen LogP contribution in [0.15, 0.2) is 30.9 Å². The van der Waals surface area contributed by atoms with Crippen molar-refractivity contribution in [1.82, 2.24) is 5.32 Å². The Morgan fingerprint density at radius 3 is 2.84 bits per heavy atom. The van der Waals surface area contributed by atoms with Crippen LogP contribution < -0.4 is 10.6 Å². The molecule has 1 amide bonds. The second-order valence-electron chi connectivity index (χ2n) is 3.65. The van der Waals surface area contributed by atoms with Crippen LogP contribution in [-0.2, 0) is 9.53 Å². The molecular formula is C13H15ClN2O3. The number of esters is 1. The van der Waals surface area contributed by atoms with Crippen LogP contribution in [0, 0.1) is 0 Å². The normalized spacial score (nSPS) is 9.79. The highest BCUT2D eigenvalue weighted by molar-refractivity contribution is 6.31. The predicted molar refractivity (Wildman–Crippen MR) is 74.5 cm³/mol. The number of anilines is 1. The molecule has 0 aliphatic rings. The van der Waals surface area contributed by atoms with Gasteiger partial charge in [0.2, 0.25) is 5.91 Å². The lowest BCUT2D eigenvalue weighted by Crippen LogP contribution is -2.28. The molecule has 0 spiro atoms. The minimum absolute atomic E-state index is 0.110. The van der Waals surface area contributed by atoms with Crippen LogP contribution in [0.25, 0.3) is 0 Å². The van der Waals surface area contributed by atoms with E-state index in [1.807, 2.05) is 0 Å². The largest absolute Gasteiger partial charge is 0.465 e. The summed E-state index contributed by atoms with van der Waals surface area (Å²) in [5.74, 6) is -0.819. The molecule has 0 atom stereocenters. The first kappa shape index (κ1) is 15.2. The quantitative estimate of drug-likeness (QED) is 0.475. The van der Waals surface area contributed by atoms with Crippen LogP contribution in [0.1, 0.15) is 10.4 Å². The zero-order valence-electron chi connectivity index (χ0n) is 10.5. The molecule has 0 bridgehead atoms. The average Bonchev–Trinajstić information content (AvgIpc) is 2.38. The van der Waals surface area contributed by atoms with Crippen LogP contribution in [-0.4, -0.2) is 32.1 Å². The number of hydrogen-bond acceptors (Lipinski definition) is 4. The number of halogens is 1. The first-order chi connectivity index (χ1) is 9.08. The van der Waals surface area contributed by atoms with Gasteiger partial charge in [-0.1, -0.05) is 17.7 Å². The molecule has 0 saturated carbocycles. The molecule has 0 aromatic heterocycles. The fourth-order valence-corrected chi connectivity index (χ4v) is 1.56. The third-order valence-corrected chi connectivity index (χ3v) is 2.47. The van der Waals surface area contributed by atoms with Crippen molar-refractivity contribution < 1.29 is 14.3 Å². The fraction of sp³-hybridized carbons (Fsp3) is 0.231. The van der Waals surface area contributed by atoms with E-state index in [2.05, 4.69) is 21.9 Å². The molecular weight excluding hydrogens is 268 g/mol. The van der Waals surface area contributed by atoms with Crippen molar-refractivity contribution in [1.29, 1.82) is 0 Å². The van der Waals surface area contributed by atoms with Gasteiger partial charge in [-0.05, 0) is 18.2 Å². The number of carbonyl (C=O) groups is 2. The Morgan fingerprint density at radius 2 is 2.21 bits per heavy atom. The van der Waals surface area contributed by atoms with Crippen LogP contribution in [0.4, 0.5) is 5.69 Å². The van der Waals surface area contributed by atoms with Crippen molar-refractivity contribution >= 4 is 29.2 Å². The summed E-state index contributed by atoms with van der Waals surface area (Å²) in [5.41, 5.74) is 0.578. The summed E-state index contributed by atoms with van der Waals surface area (Å²) in [5, 5.41) is 5.88. The number of ether oxygens (including phenoxy) is 1.